The second-order valence-electron chi connectivity index (χ2n) is 5.63. The summed E-state index contributed by atoms with van der Waals surface area (Å²) in [6.07, 6.45) is -0.667. The summed E-state index contributed by atoms with van der Waals surface area (Å²) in [6, 6.07) is 3.61. The highest BCUT2D eigenvalue weighted by atomic mass is 19.4. The average molecular weight is 270 g/mol. The highest BCUT2D eigenvalue weighted by Gasteiger charge is 2.37. The molecule has 2 nitrogen and oxygen atoms in total. The number of halogens is 3. The Morgan fingerprint density at radius 3 is 2.32 bits per heavy atom. The maximum Gasteiger partial charge on any atom is 0.416 e. The molecule has 1 aromatic carbocycles. The van der Waals surface area contributed by atoms with Crippen LogP contribution in [0.4, 0.5) is 24.5 Å². The van der Waals surface area contributed by atoms with Crippen LogP contribution in [-0.4, -0.2) is 13.1 Å². The summed E-state index contributed by atoms with van der Waals surface area (Å²) >= 11 is 0. The van der Waals surface area contributed by atoms with Crippen molar-refractivity contribution in [1.82, 2.24) is 0 Å². The van der Waals surface area contributed by atoms with Crippen LogP contribution in [0.5, 0.6) is 0 Å². The average Bonchev–Trinajstić information content (AvgIpc) is 2.88. The third kappa shape index (κ3) is 2.26. The first-order valence-electron chi connectivity index (χ1n) is 6.67. The second-order valence-corrected chi connectivity index (χ2v) is 5.63. The van der Waals surface area contributed by atoms with E-state index in [0.29, 0.717) is 23.2 Å². The molecule has 2 aliphatic rings. The van der Waals surface area contributed by atoms with Gasteiger partial charge in [-0.1, -0.05) is 6.42 Å². The molecule has 1 saturated heterocycles. The van der Waals surface area contributed by atoms with Gasteiger partial charge in [0.25, 0.3) is 0 Å². The van der Waals surface area contributed by atoms with Crippen molar-refractivity contribution in [2.24, 2.45) is 11.8 Å². The minimum Gasteiger partial charge on any atom is -0.397 e. The van der Waals surface area contributed by atoms with Gasteiger partial charge >= 0.3 is 6.18 Å². The van der Waals surface area contributed by atoms with E-state index in [0.717, 1.165) is 19.2 Å². The third-order valence-electron chi connectivity index (χ3n) is 4.42. The number of rotatable bonds is 1. The number of fused-ring (bicyclic) bond motifs is 1. The van der Waals surface area contributed by atoms with Gasteiger partial charge < -0.3 is 10.6 Å². The van der Waals surface area contributed by atoms with Gasteiger partial charge in [-0.2, -0.15) is 13.2 Å². The predicted molar refractivity (Wildman–Crippen MR) is 68.9 cm³/mol. The minimum absolute atomic E-state index is 0.438. The quantitative estimate of drug-likeness (QED) is 0.791. The van der Waals surface area contributed by atoms with E-state index in [-0.39, 0.29) is 0 Å². The van der Waals surface area contributed by atoms with Gasteiger partial charge in [-0.3, -0.25) is 0 Å². The van der Waals surface area contributed by atoms with Gasteiger partial charge in [0.2, 0.25) is 0 Å². The molecule has 2 unspecified atom stereocenters. The van der Waals surface area contributed by atoms with Crippen molar-refractivity contribution in [3.63, 3.8) is 0 Å². The zero-order chi connectivity index (χ0) is 13.6. The van der Waals surface area contributed by atoms with Crippen molar-refractivity contribution < 1.29 is 13.2 Å². The highest BCUT2D eigenvalue weighted by molar-refractivity contribution is 5.69. The first kappa shape index (κ1) is 12.6. The maximum absolute atomic E-state index is 12.8. The summed E-state index contributed by atoms with van der Waals surface area (Å²) in [4.78, 5) is 2.03. The van der Waals surface area contributed by atoms with Crippen molar-refractivity contribution >= 4 is 11.4 Å². The van der Waals surface area contributed by atoms with Crippen LogP contribution in [0.25, 0.3) is 0 Å². The lowest BCUT2D eigenvalue weighted by atomic mass is 10.0. The Morgan fingerprint density at radius 2 is 1.74 bits per heavy atom. The Hall–Kier alpha value is -1.39. The van der Waals surface area contributed by atoms with Crippen molar-refractivity contribution in [3.05, 3.63) is 23.8 Å². The molecule has 0 radical (unpaired) electrons. The summed E-state index contributed by atoms with van der Waals surface area (Å²) < 4.78 is 38.3. The van der Waals surface area contributed by atoms with Crippen LogP contribution in [0.1, 0.15) is 24.8 Å². The standard InChI is InChI=1S/C14H17F3N2/c15-14(16,17)11-4-5-12(18)13(6-11)19-7-9-2-1-3-10(9)8-19/h4-6,9-10H,1-3,7-8,18H2. The van der Waals surface area contributed by atoms with Crippen LogP contribution >= 0.6 is 0 Å². The van der Waals surface area contributed by atoms with E-state index < -0.39 is 11.7 Å². The first-order valence-corrected chi connectivity index (χ1v) is 6.67. The SMILES string of the molecule is Nc1ccc(C(F)(F)F)cc1N1CC2CCCC2C1. The van der Waals surface area contributed by atoms with E-state index in [2.05, 4.69) is 0 Å². The number of nitrogens with two attached hydrogens (primary N) is 1. The van der Waals surface area contributed by atoms with Crippen LogP contribution in [0.2, 0.25) is 0 Å². The van der Waals surface area contributed by atoms with Crippen LogP contribution in [-0.2, 0) is 6.18 Å². The molecule has 3 rings (SSSR count). The molecule has 2 fully saturated rings. The number of benzene rings is 1. The second kappa shape index (κ2) is 4.32. The molecule has 1 aromatic rings. The summed E-state index contributed by atoms with van der Waals surface area (Å²) in [7, 11) is 0. The number of nitrogens with zero attached hydrogens (tertiary/aromatic N) is 1. The number of hydrogen-bond acceptors (Lipinski definition) is 2. The summed E-state index contributed by atoms with van der Waals surface area (Å²) in [5.74, 6) is 1.27. The Bertz CT molecular complexity index is 472. The smallest absolute Gasteiger partial charge is 0.397 e. The van der Waals surface area contributed by atoms with Gasteiger partial charge in [0, 0.05) is 13.1 Å². The van der Waals surface area contributed by atoms with Crippen molar-refractivity contribution in [1.29, 1.82) is 0 Å². The maximum atomic E-state index is 12.8. The number of alkyl halides is 3. The molecule has 0 bridgehead atoms. The molecule has 1 saturated carbocycles. The van der Waals surface area contributed by atoms with Gasteiger partial charge in [0.15, 0.2) is 0 Å². The lowest BCUT2D eigenvalue weighted by Gasteiger charge is -2.22. The molecule has 2 N–H and O–H groups in total. The van der Waals surface area contributed by atoms with Crippen LogP contribution in [0, 0.1) is 11.8 Å². The van der Waals surface area contributed by atoms with E-state index in [4.69, 9.17) is 5.73 Å². The zero-order valence-electron chi connectivity index (χ0n) is 10.6. The lowest BCUT2D eigenvalue weighted by Crippen LogP contribution is -2.22. The Balaban J connectivity index is 1.88. The summed E-state index contributed by atoms with van der Waals surface area (Å²) in [5.41, 5.74) is 6.22. The fourth-order valence-corrected chi connectivity index (χ4v) is 3.43. The predicted octanol–water partition coefficient (Wildman–Crippen LogP) is 3.52. The Kier molecular flexibility index (Phi) is 2.87. The fraction of sp³-hybridized carbons (Fsp3) is 0.571. The molecular formula is C14H17F3N2. The molecule has 0 aromatic heterocycles. The van der Waals surface area contributed by atoms with Gasteiger partial charge in [0.05, 0.1) is 16.9 Å². The number of hydrogen-bond donors (Lipinski definition) is 1. The third-order valence-corrected chi connectivity index (χ3v) is 4.42. The Labute approximate surface area is 110 Å². The molecule has 1 heterocycles. The van der Waals surface area contributed by atoms with Crippen LogP contribution in [0.15, 0.2) is 18.2 Å². The molecule has 19 heavy (non-hydrogen) atoms. The normalized spacial score (nSPS) is 26.8. The summed E-state index contributed by atoms with van der Waals surface area (Å²) in [6.45, 7) is 1.69. The van der Waals surface area contributed by atoms with E-state index in [9.17, 15) is 13.2 Å². The number of nitrogen functional groups attached to an aromatic ring is 1. The largest absolute Gasteiger partial charge is 0.416 e. The van der Waals surface area contributed by atoms with E-state index in [1.165, 1.54) is 31.4 Å². The first-order chi connectivity index (χ1) is 8.95. The molecule has 5 heteroatoms. The minimum atomic E-state index is -4.31. The van der Waals surface area contributed by atoms with Gasteiger partial charge in [-0.25, -0.2) is 0 Å². The zero-order valence-corrected chi connectivity index (χ0v) is 10.6. The van der Waals surface area contributed by atoms with E-state index in [1.807, 2.05) is 4.90 Å². The molecule has 104 valence electrons. The van der Waals surface area contributed by atoms with Crippen molar-refractivity contribution in [2.45, 2.75) is 25.4 Å². The molecular weight excluding hydrogens is 253 g/mol. The fourth-order valence-electron chi connectivity index (χ4n) is 3.43. The molecule has 0 spiro atoms. The molecule has 2 atom stereocenters. The van der Waals surface area contributed by atoms with Crippen LogP contribution < -0.4 is 10.6 Å². The van der Waals surface area contributed by atoms with E-state index >= 15 is 0 Å². The van der Waals surface area contributed by atoms with Gasteiger partial charge in [-0.05, 0) is 42.9 Å². The van der Waals surface area contributed by atoms with Crippen LogP contribution in [0.3, 0.4) is 0 Å². The Morgan fingerprint density at radius 1 is 1.11 bits per heavy atom. The monoisotopic (exact) mass is 270 g/mol. The van der Waals surface area contributed by atoms with Crippen molar-refractivity contribution in [2.75, 3.05) is 23.7 Å². The van der Waals surface area contributed by atoms with Gasteiger partial charge in [0.1, 0.15) is 0 Å². The topological polar surface area (TPSA) is 29.3 Å². The van der Waals surface area contributed by atoms with Gasteiger partial charge in [-0.15, -0.1) is 0 Å². The van der Waals surface area contributed by atoms with E-state index in [1.54, 1.807) is 0 Å². The highest BCUT2D eigenvalue weighted by Crippen LogP contribution is 2.42. The number of anilines is 2. The molecule has 1 aliphatic heterocycles. The lowest BCUT2D eigenvalue weighted by molar-refractivity contribution is -0.137. The molecule has 0 amide bonds. The summed E-state index contributed by atoms with van der Waals surface area (Å²) in [5, 5.41) is 0. The van der Waals surface area contributed by atoms with Crippen molar-refractivity contribution in [3.8, 4) is 0 Å². The molecule has 1 aliphatic carbocycles.